The van der Waals surface area contributed by atoms with Gasteiger partial charge in [-0.05, 0) is 60.4 Å². The number of methoxy groups -OCH3 is 1. The van der Waals surface area contributed by atoms with Gasteiger partial charge in [-0.25, -0.2) is 4.39 Å². The Morgan fingerprint density at radius 2 is 2.12 bits per heavy atom. The fraction of sp³-hybridized carbons (Fsp3) is 0.500. The molecule has 0 aliphatic heterocycles. The minimum atomic E-state index is -0.282. The first-order valence-corrected chi connectivity index (χ1v) is 6.15. The van der Waals surface area contributed by atoms with Gasteiger partial charge in [0.05, 0.1) is 11.6 Å². The molecule has 1 aromatic rings. The molecule has 0 aliphatic rings. The highest BCUT2D eigenvalue weighted by Gasteiger charge is 2.08. The van der Waals surface area contributed by atoms with Crippen molar-refractivity contribution in [1.82, 2.24) is 5.32 Å². The second kappa shape index (κ2) is 6.86. The lowest BCUT2D eigenvalue weighted by Crippen LogP contribution is -2.07. The molecule has 90 valence electrons. The average molecular weight is 290 g/mol. The van der Waals surface area contributed by atoms with Crippen LogP contribution in [0.15, 0.2) is 16.6 Å². The molecule has 0 atom stereocenters. The highest BCUT2D eigenvalue weighted by molar-refractivity contribution is 9.10. The van der Waals surface area contributed by atoms with Crippen LogP contribution in [0.4, 0.5) is 4.39 Å². The van der Waals surface area contributed by atoms with E-state index in [9.17, 15) is 4.39 Å². The van der Waals surface area contributed by atoms with Crippen LogP contribution in [-0.2, 0) is 6.42 Å². The fourth-order valence-corrected chi connectivity index (χ4v) is 1.96. The number of hydrogen-bond donors (Lipinski definition) is 1. The molecular formula is C12H17BrFNO. The molecule has 0 aliphatic carbocycles. The van der Waals surface area contributed by atoms with Crippen molar-refractivity contribution in [3.8, 4) is 5.75 Å². The Morgan fingerprint density at radius 3 is 2.75 bits per heavy atom. The zero-order chi connectivity index (χ0) is 12.0. The maximum Gasteiger partial charge on any atom is 0.141 e. The summed E-state index contributed by atoms with van der Waals surface area (Å²) in [6, 6.07) is 3.23. The summed E-state index contributed by atoms with van der Waals surface area (Å²) >= 11 is 3.19. The minimum Gasteiger partial charge on any atom is -0.496 e. The lowest BCUT2D eigenvalue weighted by Gasteiger charge is -2.09. The van der Waals surface area contributed by atoms with E-state index in [-0.39, 0.29) is 5.82 Å². The first-order chi connectivity index (χ1) is 7.69. The van der Waals surface area contributed by atoms with Gasteiger partial charge in [-0.1, -0.05) is 0 Å². The molecule has 4 heteroatoms. The van der Waals surface area contributed by atoms with Gasteiger partial charge in [0.15, 0.2) is 0 Å². The number of hydrogen-bond acceptors (Lipinski definition) is 2. The Hall–Kier alpha value is -0.610. The van der Waals surface area contributed by atoms with Gasteiger partial charge in [-0.3, -0.25) is 0 Å². The second-order valence-corrected chi connectivity index (χ2v) is 4.49. The number of benzene rings is 1. The van der Waals surface area contributed by atoms with Crippen molar-refractivity contribution in [3.05, 3.63) is 28.0 Å². The van der Waals surface area contributed by atoms with Crippen molar-refractivity contribution in [2.45, 2.75) is 19.3 Å². The Bertz CT molecular complexity index is 344. The molecular weight excluding hydrogens is 273 g/mol. The summed E-state index contributed by atoms with van der Waals surface area (Å²) in [5.74, 6) is 0.348. The van der Waals surface area contributed by atoms with Gasteiger partial charge in [0.25, 0.3) is 0 Å². The van der Waals surface area contributed by atoms with Gasteiger partial charge in [-0.2, -0.15) is 0 Å². The molecule has 0 unspecified atom stereocenters. The SMILES string of the molecule is CNCCCCc1cc(Br)c(F)cc1OC. The summed E-state index contributed by atoms with van der Waals surface area (Å²) in [4.78, 5) is 0. The molecule has 1 N–H and O–H groups in total. The van der Waals surface area contributed by atoms with E-state index in [4.69, 9.17) is 4.74 Å². The van der Waals surface area contributed by atoms with Gasteiger partial charge in [0.2, 0.25) is 0 Å². The van der Waals surface area contributed by atoms with Crippen LogP contribution in [0.1, 0.15) is 18.4 Å². The molecule has 16 heavy (non-hydrogen) atoms. The standard InChI is InChI=1S/C12H17BrFNO/c1-15-6-4-3-5-9-7-10(13)11(14)8-12(9)16-2/h7-8,15H,3-6H2,1-2H3. The fourth-order valence-electron chi connectivity index (χ4n) is 1.57. The van der Waals surface area contributed by atoms with Crippen LogP contribution < -0.4 is 10.1 Å². The zero-order valence-corrected chi connectivity index (χ0v) is 11.2. The summed E-state index contributed by atoms with van der Waals surface area (Å²) in [5.41, 5.74) is 1.05. The van der Waals surface area contributed by atoms with Crippen molar-refractivity contribution in [2.24, 2.45) is 0 Å². The Labute approximate surface area is 104 Å². The first-order valence-electron chi connectivity index (χ1n) is 5.35. The van der Waals surface area contributed by atoms with Crippen molar-refractivity contribution >= 4 is 15.9 Å². The molecule has 0 amide bonds. The van der Waals surface area contributed by atoms with E-state index in [2.05, 4.69) is 21.2 Å². The van der Waals surface area contributed by atoms with Gasteiger partial charge in [0.1, 0.15) is 11.6 Å². The Kier molecular flexibility index (Phi) is 5.77. The van der Waals surface area contributed by atoms with E-state index in [1.165, 1.54) is 6.07 Å². The summed E-state index contributed by atoms with van der Waals surface area (Å²) in [7, 11) is 3.51. The largest absolute Gasteiger partial charge is 0.496 e. The van der Waals surface area contributed by atoms with Crippen LogP contribution in [0.3, 0.4) is 0 Å². The molecule has 0 bridgehead atoms. The van der Waals surface area contributed by atoms with Crippen LogP contribution in [0, 0.1) is 5.82 Å². The van der Waals surface area contributed by atoms with E-state index in [0.717, 1.165) is 31.4 Å². The summed E-state index contributed by atoms with van der Waals surface area (Å²) in [5, 5.41) is 3.10. The number of halogens is 2. The third kappa shape index (κ3) is 3.76. The lowest BCUT2D eigenvalue weighted by molar-refractivity contribution is 0.405. The van der Waals surface area contributed by atoms with Crippen LogP contribution >= 0.6 is 15.9 Å². The molecule has 0 aromatic heterocycles. The third-order valence-electron chi connectivity index (χ3n) is 2.45. The van der Waals surface area contributed by atoms with Gasteiger partial charge in [-0.15, -0.1) is 0 Å². The molecule has 0 saturated heterocycles. The van der Waals surface area contributed by atoms with Crippen molar-refractivity contribution in [3.63, 3.8) is 0 Å². The summed E-state index contributed by atoms with van der Waals surface area (Å²) < 4.78 is 18.9. The number of aryl methyl sites for hydroxylation is 1. The second-order valence-electron chi connectivity index (χ2n) is 3.64. The van der Waals surface area contributed by atoms with Crippen LogP contribution in [0.2, 0.25) is 0 Å². The molecule has 0 spiro atoms. The number of unbranched alkanes of at least 4 members (excludes halogenated alkanes) is 1. The highest BCUT2D eigenvalue weighted by atomic mass is 79.9. The molecule has 0 fully saturated rings. The normalized spacial score (nSPS) is 10.5. The van der Waals surface area contributed by atoms with Gasteiger partial charge < -0.3 is 10.1 Å². The number of ether oxygens (including phenoxy) is 1. The summed E-state index contributed by atoms with van der Waals surface area (Å²) in [6.07, 6.45) is 3.08. The predicted octanol–water partition coefficient (Wildman–Crippen LogP) is 3.14. The van der Waals surface area contributed by atoms with E-state index in [1.54, 1.807) is 13.2 Å². The van der Waals surface area contributed by atoms with Crippen molar-refractivity contribution < 1.29 is 9.13 Å². The maximum atomic E-state index is 13.3. The van der Waals surface area contributed by atoms with Crippen LogP contribution in [0.25, 0.3) is 0 Å². The van der Waals surface area contributed by atoms with E-state index < -0.39 is 0 Å². The molecule has 2 nitrogen and oxygen atoms in total. The Balaban J connectivity index is 2.66. The quantitative estimate of drug-likeness (QED) is 0.813. The molecule has 0 saturated carbocycles. The van der Waals surface area contributed by atoms with Crippen LogP contribution in [-0.4, -0.2) is 20.7 Å². The summed E-state index contributed by atoms with van der Waals surface area (Å²) in [6.45, 7) is 1.00. The lowest BCUT2D eigenvalue weighted by atomic mass is 10.1. The third-order valence-corrected chi connectivity index (χ3v) is 3.05. The zero-order valence-electron chi connectivity index (χ0n) is 9.65. The molecule has 1 aromatic carbocycles. The smallest absolute Gasteiger partial charge is 0.141 e. The molecule has 1 rings (SSSR count). The minimum absolute atomic E-state index is 0.282. The monoisotopic (exact) mass is 289 g/mol. The van der Waals surface area contributed by atoms with Crippen LogP contribution in [0.5, 0.6) is 5.75 Å². The number of nitrogens with one attached hydrogen (secondary N) is 1. The van der Waals surface area contributed by atoms with Gasteiger partial charge in [0, 0.05) is 6.07 Å². The first kappa shape index (κ1) is 13.5. The Morgan fingerprint density at radius 1 is 1.38 bits per heavy atom. The maximum absolute atomic E-state index is 13.3. The van der Waals surface area contributed by atoms with Gasteiger partial charge >= 0.3 is 0 Å². The van der Waals surface area contributed by atoms with Crippen molar-refractivity contribution in [1.29, 1.82) is 0 Å². The van der Waals surface area contributed by atoms with E-state index in [1.807, 2.05) is 7.05 Å². The van der Waals surface area contributed by atoms with Crippen molar-refractivity contribution in [2.75, 3.05) is 20.7 Å². The highest BCUT2D eigenvalue weighted by Crippen LogP contribution is 2.27. The predicted molar refractivity (Wildman–Crippen MR) is 67.5 cm³/mol. The van der Waals surface area contributed by atoms with E-state index in [0.29, 0.717) is 10.2 Å². The topological polar surface area (TPSA) is 21.3 Å². The molecule has 0 heterocycles. The average Bonchev–Trinajstić information content (AvgIpc) is 2.28. The number of rotatable bonds is 6. The van der Waals surface area contributed by atoms with E-state index >= 15 is 0 Å². The molecule has 0 radical (unpaired) electrons.